The van der Waals surface area contributed by atoms with E-state index >= 15 is 0 Å². The summed E-state index contributed by atoms with van der Waals surface area (Å²) in [5.74, 6) is 1.79. The number of rotatable bonds is 8. The summed E-state index contributed by atoms with van der Waals surface area (Å²) in [5, 5.41) is 2.97. The van der Waals surface area contributed by atoms with E-state index in [0.29, 0.717) is 48.0 Å². The molecule has 0 bridgehead atoms. The van der Waals surface area contributed by atoms with Crippen LogP contribution >= 0.6 is 0 Å². The maximum atomic E-state index is 13.5. The summed E-state index contributed by atoms with van der Waals surface area (Å²) in [6.07, 6.45) is 2.09. The van der Waals surface area contributed by atoms with Gasteiger partial charge in [-0.25, -0.2) is 0 Å². The fourth-order valence-corrected chi connectivity index (χ4v) is 4.92. The SMILES string of the molecule is CCCOc1ccc(C2CC(=O)C3=C(C2)NC(=O)CC3c2ccc(OC)c(OC)c2OC)cc1. The minimum Gasteiger partial charge on any atom is -0.494 e. The van der Waals surface area contributed by atoms with Crippen LogP contribution in [0.4, 0.5) is 0 Å². The Balaban J connectivity index is 1.68. The van der Waals surface area contributed by atoms with Crippen molar-refractivity contribution in [3.63, 3.8) is 0 Å². The van der Waals surface area contributed by atoms with Gasteiger partial charge >= 0.3 is 0 Å². The topological polar surface area (TPSA) is 83.1 Å². The van der Waals surface area contributed by atoms with E-state index in [9.17, 15) is 9.59 Å². The fourth-order valence-electron chi connectivity index (χ4n) is 4.92. The minimum absolute atomic E-state index is 0.00201. The number of ketones is 1. The third-order valence-electron chi connectivity index (χ3n) is 6.47. The largest absolute Gasteiger partial charge is 0.494 e. The van der Waals surface area contributed by atoms with Gasteiger partial charge in [0.05, 0.1) is 27.9 Å². The number of allylic oxidation sites excluding steroid dienone is 2. The highest BCUT2D eigenvalue weighted by Gasteiger charge is 2.40. The van der Waals surface area contributed by atoms with Gasteiger partial charge in [0.2, 0.25) is 11.7 Å². The van der Waals surface area contributed by atoms with Crippen molar-refractivity contribution in [1.29, 1.82) is 0 Å². The Labute approximate surface area is 200 Å². The van der Waals surface area contributed by atoms with Gasteiger partial charge in [-0.1, -0.05) is 25.1 Å². The van der Waals surface area contributed by atoms with E-state index in [2.05, 4.69) is 12.2 Å². The molecule has 0 spiro atoms. The van der Waals surface area contributed by atoms with Gasteiger partial charge in [0.15, 0.2) is 17.3 Å². The number of nitrogens with one attached hydrogen (secondary N) is 1. The van der Waals surface area contributed by atoms with Crippen molar-refractivity contribution in [2.75, 3.05) is 27.9 Å². The zero-order valence-electron chi connectivity index (χ0n) is 20.1. The van der Waals surface area contributed by atoms with Gasteiger partial charge < -0.3 is 24.3 Å². The van der Waals surface area contributed by atoms with Crippen molar-refractivity contribution >= 4 is 11.7 Å². The predicted octanol–water partition coefficient (Wildman–Crippen LogP) is 4.51. The summed E-state index contributed by atoms with van der Waals surface area (Å²) >= 11 is 0. The average Bonchev–Trinajstić information content (AvgIpc) is 2.85. The van der Waals surface area contributed by atoms with Crippen LogP contribution in [0.25, 0.3) is 0 Å². The number of ether oxygens (including phenoxy) is 4. The number of hydrogen-bond donors (Lipinski definition) is 1. The average molecular weight is 466 g/mol. The third-order valence-corrected chi connectivity index (χ3v) is 6.47. The standard InChI is InChI=1S/C27H31NO6/c1-5-12-34-18-8-6-16(7-9-18)17-13-21-25(22(29)14-17)20(15-24(30)28-21)19-10-11-23(31-2)27(33-4)26(19)32-3/h6-11,17,20H,5,12-15H2,1-4H3,(H,28,30). The Morgan fingerprint density at radius 1 is 0.882 bits per heavy atom. The van der Waals surface area contributed by atoms with Crippen LogP contribution in [0.1, 0.15) is 55.6 Å². The monoisotopic (exact) mass is 465 g/mol. The summed E-state index contributed by atoms with van der Waals surface area (Å²) in [5.41, 5.74) is 3.16. The molecule has 1 heterocycles. The molecule has 4 rings (SSSR count). The van der Waals surface area contributed by atoms with Gasteiger partial charge in [-0.15, -0.1) is 0 Å². The quantitative estimate of drug-likeness (QED) is 0.618. The molecule has 2 aromatic carbocycles. The first kappa shape index (κ1) is 23.7. The van der Waals surface area contributed by atoms with Gasteiger partial charge in [0, 0.05) is 35.6 Å². The Bertz CT molecular complexity index is 1100. The highest BCUT2D eigenvalue weighted by atomic mass is 16.5. The summed E-state index contributed by atoms with van der Waals surface area (Å²) in [6.45, 7) is 2.74. The molecule has 180 valence electrons. The van der Waals surface area contributed by atoms with Crippen molar-refractivity contribution in [1.82, 2.24) is 5.32 Å². The van der Waals surface area contributed by atoms with E-state index in [0.717, 1.165) is 23.3 Å². The van der Waals surface area contributed by atoms with E-state index in [-0.39, 0.29) is 24.0 Å². The van der Waals surface area contributed by atoms with Crippen molar-refractivity contribution in [2.45, 2.75) is 44.4 Å². The molecule has 0 saturated heterocycles. The Kier molecular flexibility index (Phi) is 7.10. The lowest BCUT2D eigenvalue weighted by Crippen LogP contribution is -2.38. The van der Waals surface area contributed by atoms with Crippen LogP contribution in [0.3, 0.4) is 0 Å². The second-order valence-corrected chi connectivity index (χ2v) is 8.57. The lowest BCUT2D eigenvalue weighted by Gasteiger charge is -2.35. The van der Waals surface area contributed by atoms with Crippen LogP contribution in [-0.2, 0) is 9.59 Å². The summed E-state index contributed by atoms with van der Waals surface area (Å²) in [6, 6.07) is 11.5. The van der Waals surface area contributed by atoms with Gasteiger partial charge in [-0.2, -0.15) is 0 Å². The van der Waals surface area contributed by atoms with Gasteiger partial charge in [-0.3, -0.25) is 9.59 Å². The first-order valence-electron chi connectivity index (χ1n) is 11.6. The van der Waals surface area contributed by atoms with E-state index in [1.54, 1.807) is 20.3 Å². The normalized spacial score (nSPS) is 19.9. The van der Waals surface area contributed by atoms with E-state index in [1.807, 2.05) is 30.3 Å². The second kappa shape index (κ2) is 10.2. The van der Waals surface area contributed by atoms with Crippen LogP contribution in [0.2, 0.25) is 0 Å². The molecule has 2 unspecified atom stereocenters. The fraction of sp³-hybridized carbons (Fsp3) is 0.407. The lowest BCUT2D eigenvalue weighted by atomic mass is 9.73. The molecule has 0 saturated carbocycles. The molecular formula is C27H31NO6. The first-order chi connectivity index (χ1) is 16.5. The van der Waals surface area contributed by atoms with E-state index < -0.39 is 5.92 Å². The maximum Gasteiger partial charge on any atom is 0.225 e. The molecule has 0 radical (unpaired) electrons. The highest BCUT2D eigenvalue weighted by molar-refractivity contribution is 6.02. The van der Waals surface area contributed by atoms with E-state index in [4.69, 9.17) is 18.9 Å². The summed E-state index contributed by atoms with van der Waals surface area (Å²) < 4.78 is 22.3. The van der Waals surface area contributed by atoms with Crippen LogP contribution in [0, 0.1) is 0 Å². The first-order valence-corrected chi connectivity index (χ1v) is 11.6. The van der Waals surface area contributed by atoms with E-state index in [1.165, 1.54) is 7.11 Å². The third kappa shape index (κ3) is 4.47. The summed E-state index contributed by atoms with van der Waals surface area (Å²) in [4.78, 5) is 26.2. The number of hydrogen-bond acceptors (Lipinski definition) is 6. The molecule has 1 aliphatic heterocycles. The molecule has 34 heavy (non-hydrogen) atoms. The Hall–Kier alpha value is -3.48. The number of carbonyl (C=O) groups is 2. The van der Waals surface area contributed by atoms with Crippen LogP contribution in [0.15, 0.2) is 47.7 Å². The number of Topliss-reactive ketones (excluding diaryl/α,β-unsaturated/α-hetero) is 1. The van der Waals surface area contributed by atoms with Gasteiger partial charge in [-0.05, 0) is 42.5 Å². The lowest BCUT2D eigenvalue weighted by molar-refractivity contribution is -0.122. The number of benzene rings is 2. The van der Waals surface area contributed by atoms with Crippen molar-refractivity contribution < 1.29 is 28.5 Å². The molecular weight excluding hydrogens is 434 g/mol. The second-order valence-electron chi connectivity index (χ2n) is 8.57. The van der Waals surface area contributed by atoms with Crippen LogP contribution in [-0.4, -0.2) is 39.6 Å². The molecule has 0 fully saturated rings. The number of methoxy groups -OCH3 is 3. The zero-order valence-corrected chi connectivity index (χ0v) is 20.1. The van der Waals surface area contributed by atoms with Crippen molar-refractivity contribution in [3.05, 3.63) is 58.8 Å². The van der Waals surface area contributed by atoms with Gasteiger partial charge in [0.1, 0.15) is 5.75 Å². The maximum absolute atomic E-state index is 13.5. The molecule has 7 heteroatoms. The number of amides is 1. The van der Waals surface area contributed by atoms with Crippen LogP contribution in [0.5, 0.6) is 23.0 Å². The van der Waals surface area contributed by atoms with Crippen LogP contribution < -0.4 is 24.3 Å². The molecule has 2 atom stereocenters. The highest BCUT2D eigenvalue weighted by Crippen LogP contribution is 2.49. The number of carbonyl (C=O) groups excluding carboxylic acids is 2. The van der Waals surface area contributed by atoms with Crippen molar-refractivity contribution in [2.24, 2.45) is 0 Å². The molecule has 1 N–H and O–H groups in total. The Morgan fingerprint density at radius 2 is 1.62 bits per heavy atom. The molecule has 1 amide bonds. The molecule has 1 aliphatic carbocycles. The molecule has 0 aromatic heterocycles. The van der Waals surface area contributed by atoms with Gasteiger partial charge in [0.25, 0.3) is 0 Å². The minimum atomic E-state index is -0.406. The Morgan fingerprint density at radius 3 is 2.26 bits per heavy atom. The zero-order chi connectivity index (χ0) is 24.2. The predicted molar refractivity (Wildman–Crippen MR) is 128 cm³/mol. The smallest absolute Gasteiger partial charge is 0.225 e. The van der Waals surface area contributed by atoms with Crippen molar-refractivity contribution in [3.8, 4) is 23.0 Å². The molecule has 2 aliphatic rings. The molecule has 2 aromatic rings. The molecule has 7 nitrogen and oxygen atoms in total. The summed E-state index contributed by atoms with van der Waals surface area (Å²) in [7, 11) is 4.64.